The van der Waals surface area contributed by atoms with E-state index >= 15 is 0 Å². The first-order valence-corrected chi connectivity index (χ1v) is 17.5. The van der Waals surface area contributed by atoms with Crippen LogP contribution in [0.1, 0.15) is 0 Å². The maximum Gasteiger partial charge on any atom is 1.00 e. The van der Waals surface area contributed by atoms with Crippen LogP contribution in [0.2, 0.25) is 0 Å². The largest absolute Gasteiger partial charge is 1.00 e. The van der Waals surface area contributed by atoms with Gasteiger partial charge in [-0.2, -0.15) is 0 Å². The molecule has 0 radical (unpaired) electrons. The van der Waals surface area contributed by atoms with E-state index in [1.807, 2.05) is 0 Å². The summed E-state index contributed by atoms with van der Waals surface area (Å²) in [6.07, 6.45) is 0. The van der Waals surface area contributed by atoms with Gasteiger partial charge < -0.3 is 187 Å². The van der Waals surface area contributed by atoms with Crippen LogP contribution in [0.5, 0.6) is 0 Å². The summed E-state index contributed by atoms with van der Waals surface area (Å²) in [6, 6.07) is 0. The van der Waals surface area contributed by atoms with E-state index in [4.69, 9.17) is 0 Å². The summed E-state index contributed by atoms with van der Waals surface area (Å²) >= 11 is 0. The van der Waals surface area contributed by atoms with Gasteiger partial charge in [0.1, 0.15) is 0 Å². The number of hydrogen-bond donors (Lipinski definition) is 0. The first-order valence-electron chi connectivity index (χ1n) is 5.84. The Kier molecular flexibility index (Phi) is 74.8. The molecule has 0 unspecified atom stereocenters. The third-order valence-electron chi connectivity index (χ3n) is 0.800. The standard InChI is InChI=1S/Na.4H4O7P2.10H2O/c;4*1-8(2,3)7-9(4,5)6;;;;;;;;;;/h;4*(H2,1,2,3)(H2,4,5,6);10*1H2/q+1;;;;;;;;;;;;;;/p-16. The smallest absolute Gasteiger partial charge is 0.790 e. The summed E-state index contributed by atoms with van der Waals surface area (Å²) in [6.45, 7) is 0. The van der Waals surface area contributed by atoms with Crippen LogP contribution in [-0.2, 0) is 53.8 Å². The van der Waals surface area contributed by atoms with E-state index in [0.29, 0.717) is 0 Å². The van der Waals surface area contributed by atoms with Crippen molar-refractivity contribution < 1.29 is 216 Å². The molecular formula is H20NaO38P8-15. The van der Waals surface area contributed by atoms with Gasteiger partial charge in [-0.05, 0) is 0 Å². The van der Waals surface area contributed by atoms with Crippen LogP contribution < -0.4 is 108 Å². The fourth-order valence-corrected chi connectivity index (χ4v) is 4.41. The van der Waals surface area contributed by atoms with Gasteiger partial charge in [-0.1, -0.05) is 0 Å². The Balaban J connectivity index is -0.0000000207. The minimum absolute atomic E-state index is 0. The van der Waals surface area contributed by atoms with Gasteiger partial charge in [0.15, 0.2) is 0 Å². The summed E-state index contributed by atoms with van der Waals surface area (Å²) < 4.78 is 84.7. The minimum atomic E-state index is -5.68. The SMILES string of the molecule is O.O.O.O.O.O.O.O.O.O.O=P([O-])([O-])OP(=O)([O-])[O-].O=P([O-])([O-])OP(=O)([O-])[O-].O=P([O-])([O-])OP(=O)([O-])[O-].O=P([O-])([O-])OP(=O)([O-])[O-].[Na+]. The Morgan fingerprint density at radius 1 is 0.213 bits per heavy atom. The Morgan fingerprint density at radius 3 is 0.255 bits per heavy atom. The molecule has 47 heteroatoms. The zero-order valence-electron chi connectivity index (χ0n) is 21.0. The van der Waals surface area contributed by atoms with E-state index < -0.39 is 62.6 Å². The van der Waals surface area contributed by atoms with Gasteiger partial charge in [-0.15, -0.1) is 0 Å². The summed E-state index contributed by atoms with van der Waals surface area (Å²) in [5, 5.41) is 0. The average Bonchev–Trinajstić information content (AvgIpc) is 2.19. The van der Waals surface area contributed by atoms with Crippen molar-refractivity contribution in [2.45, 2.75) is 0 Å². The molecular weight excluding hydrogens is 879 g/mol. The second-order valence-electron chi connectivity index (χ2n) is 3.90. The van der Waals surface area contributed by atoms with Gasteiger partial charge in [0.05, 0.1) is 62.6 Å². The zero-order valence-corrected chi connectivity index (χ0v) is 30.2. The molecule has 0 aliphatic heterocycles. The fourth-order valence-electron chi connectivity index (χ4n) is 0.490. The van der Waals surface area contributed by atoms with Crippen LogP contribution in [0.15, 0.2) is 0 Å². The van der Waals surface area contributed by atoms with Crippen molar-refractivity contribution in [3.63, 3.8) is 0 Å². The second kappa shape index (κ2) is 36.0. The minimum Gasteiger partial charge on any atom is -0.790 e. The molecule has 0 saturated heterocycles. The maximum atomic E-state index is 9.32. The predicted octanol–water partition coefficient (Wildman–Crippen LogP) is -24.6. The quantitative estimate of drug-likeness (QED) is 0.161. The first-order chi connectivity index (χ1) is 14.8. The zero-order chi connectivity index (χ0) is 30.8. The molecule has 0 aromatic carbocycles. The summed E-state index contributed by atoms with van der Waals surface area (Å²) in [5.41, 5.74) is 0. The molecule has 0 aromatic rings. The molecule has 0 aliphatic rings. The second-order valence-corrected chi connectivity index (χ2v) is 13.7. The first kappa shape index (κ1) is 97.5. The molecule has 0 aliphatic carbocycles. The van der Waals surface area contributed by atoms with Crippen molar-refractivity contribution in [2.75, 3.05) is 0 Å². The summed E-state index contributed by atoms with van der Waals surface area (Å²) in [7, 11) is -45.4. The molecule has 0 heterocycles. The monoisotopic (exact) mass is 899 g/mol. The maximum absolute atomic E-state index is 9.32. The molecule has 0 fully saturated rings. The molecule has 0 aromatic heterocycles. The molecule has 0 rings (SSSR count). The molecule has 38 nitrogen and oxygen atoms in total. The van der Waals surface area contributed by atoms with E-state index in [-0.39, 0.29) is 84.3 Å². The molecule has 0 atom stereocenters. The molecule has 0 spiro atoms. The Morgan fingerprint density at radius 2 is 0.255 bits per heavy atom. The third kappa shape index (κ3) is 151. The van der Waals surface area contributed by atoms with Crippen molar-refractivity contribution in [2.24, 2.45) is 0 Å². The molecule has 304 valence electrons. The molecule has 47 heavy (non-hydrogen) atoms. The fraction of sp³-hybridized carbons (Fsp3) is 0. The van der Waals surface area contributed by atoms with Gasteiger partial charge in [0, 0.05) is 0 Å². The van der Waals surface area contributed by atoms with Crippen LogP contribution >= 0.6 is 62.6 Å². The summed E-state index contributed by atoms with van der Waals surface area (Å²) in [5.74, 6) is 0. The Hall–Kier alpha value is 1.64. The molecule has 0 amide bonds. The van der Waals surface area contributed by atoms with Crippen LogP contribution in [0, 0.1) is 0 Å². The topological polar surface area (TPSA) is 857 Å². The van der Waals surface area contributed by atoms with E-state index in [1.165, 1.54) is 0 Å². The van der Waals surface area contributed by atoms with Crippen molar-refractivity contribution >= 4 is 62.6 Å². The van der Waals surface area contributed by atoms with Crippen LogP contribution in [0.25, 0.3) is 0 Å². The van der Waals surface area contributed by atoms with Crippen molar-refractivity contribution in [1.29, 1.82) is 0 Å². The molecule has 0 saturated carbocycles. The predicted molar refractivity (Wildman–Crippen MR) is 101 cm³/mol. The van der Waals surface area contributed by atoms with E-state index in [1.54, 1.807) is 0 Å². The third-order valence-corrected chi connectivity index (χ3v) is 7.20. The van der Waals surface area contributed by atoms with Gasteiger partial charge >= 0.3 is 29.6 Å². The molecule has 20 N–H and O–H groups in total. The van der Waals surface area contributed by atoms with Crippen molar-refractivity contribution in [1.82, 2.24) is 0 Å². The van der Waals surface area contributed by atoms with Crippen LogP contribution in [0.3, 0.4) is 0 Å². The van der Waals surface area contributed by atoms with Gasteiger partial charge in [0.25, 0.3) is 0 Å². The van der Waals surface area contributed by atoms with Crippen molar-refractivity contribution in [3.05, 3.63) is 0 Å². The number of hydrogen-bond acceptors (Lipinski definition) is 28. The van der Waals surface area contributed by atoms with E-state index in [0.717, 1.165) is 0 Å². The van der Waals surface area contributed by atoms with Gasteiger partial charge in [-0.3, -0.25) is 0 Å². The Labute approximate surface area is 278 Å². The van der Waals surface area contributed by atoms with Gasteiger partial charge in [0.2, 0.25) is 0 Å². The van der Waals surface area contributed by atoms with Crippen molar-refractivity contribution in [3.8, 4) is 0 Å². The summed E-state index contributed by atoms with van der Waals surface area (Å²) in [4.78, 5) is 149. The van der Waals surface area contributed by atoms with Gasteiger partial charge in [-0.25, -0.2) is 0 Å². The number of rotatable bonds is 8. The Bertz CT molecular complexity index is 768. The van der Waals surface area contributed by atoms with E-state index in [2.05, 4.69) is 17.2 Å². The average molecular weight is 899 g/mol. The number of phosphoric acid groups is 8. The van der Waals surface area contributed by atoms with Crippen LogP contribution in [-0.4, -0.2) is 54.8 Å². The van der Waals surface area contributed by atoms with Crippen LogP contribution in [0.4, 0.5) is 0 Å². The van der Waals surface area contributed by atoms with E-state index in [9.17, 15) is 115 Å². The molecule has 0 bridgehead atoms. The normalized spacial score (nSPS) is 10.6.